The van der Waals surface area contributed by atoms with Gasteiger partial charge in [-0.05, 0) is 44.7 Å². The Labute approximate surface area is 130 Å². The summed E-state index contributed by atoms with van der Waals surface area (Å²) in [7, 11) is 0. The molecule has 0 aromatic heterocycles. The quantitative estimate of drug-likeness (QED) is 0.672. The number of hydrogen-bond acceptors (Lipinski definition) is 2. The molecular weight excluding hydrogens is 258 g/mol. The predicted octanol–water partition coefficient (Wildman–Crippen LogP) is 5.10. The van der Waals surface area contributed by atoms with E-state index in [0.717, 1.165) is 31.2 Å². The fraction of sp³-hybridized carbons (Fsp3) is 0.684. The minimum absolute atomic E-state index is 0.366. The maximum Gasteiger partial charge on any atom is 0.124 e. The van der Waals surface area contributed by atoms with Crippen molar-refractivity contribution in [2.75, 3.05) is 13.2 Å². The van der Waals surface area contributed by atoms with Gasteiger partial charge in [0.1, 0.15) is 5.75 Å². The lowest BCUT2D eigenvalue weighted by Crippen LogP contribution is -2.27. The summed E-state index contributed by atoms with van der Waals surface area (Å²) in [5.74, 6) is 1.92. The number of ether oxygens (including phenoxy) is 1. The molecule has 1 atom stereocenters. The molecule has 0 spiro atoms. The molecule has 1 saturated carbocycles. The molecule has 0 saturated heterocycles. The van der Waals surface area contributed by atoms with Crippen LogP contribution in [0.2, 0.25) is 0 Å². The van der Waals surface area contributed by atoms with Gasteiger partial charge in [0.15, 0.2) is 0 Å². The first-order valence-electron chi connectivity index (χ1n) is 8.76. The van der Waals surface area contributed by atoms with E-state index in [1.54, 1.807) is 0 Å². The zero-order valence-corrected chi connectivity index (χ0v) is 13.7. The van der Waals surface area contributed by atoms with E-state index in [9.17, 15) is 0 Å². The minimum Gasteiger partial charge on any atom is -0.493 e. The molecule has 1 N–H and O–H groups in total. The fourth-order valence-electron chi connectivity index (χ4n) is 3.14. The topological polar surface area (TPSA) is 21.3 Å². The Hall–Kier alpha value is -1.02. The molecule has 2 nitrogen and oxygen atoms in total. The first-order chi connectivity index (χ1) is 10.3. The summed E-state index contributed by atoms with van der Waals surface area (Å²) in [4.78, 5) is 0. The highest BCUT2D eigenvalue weighted by atomic mass is 16.5. The summed E-state index contributed by atoms with van der Waals surface area (Å²) in [6.07, 6.45) is 9.35. The largest absolute Gasteiger partial charge is 0.493 e. The third kappa shape index (κ3) is 5.35. The molecular formula is C19H31NO. The SMILES string of the molecule is CCCCOc1ccccc1C(C)NCC1CCCCC1. The van der Waals surface area contributed by atoms with Gasteiger partial charge in [-0.2, -0.15) is 0 Å². The van der Waals surface area contributed by atoms with Crippen LogP contribution in [0.1, 0.15) is 70.4 Å². The van der Waals surface area contributed by atoms with Gasteiger partial charge < -0.3 is 10.1 Å². The summed E-state index contributed by atoms with van der Waals surface area (Å²) < 4.78 is 5.95. The van der Waals surface area contributed by atoms with Crippen molar-refractivity contribution in [3.63, 3.8) is 0 Å². The maximum absolute atomic E-state index is 5.95. The van der Waals surface area contributed by atoms with Crippen molar-refractivity contribution in [1.82, 2.24) is 5.32 Å². The van der Waals surface area contributed by atoms with Crippen molar-refractivity contribution in [2.24, 2.45) is 5.92 Å². The van der Waals surface area contributed by atoms with E-state index in [-0.39, 0.29) is 0 Å². The van der Waals surface area contributed by atoms with Crippen LogP contribution in [0.4, 0.5) is 0 Å². The zero-order valence-electron chi connectivity index (χ0n) is 13.7. The Morgan fingerprint density at radius 1 is 1.19 bits per heavy atom. The molecule has 1 unspecified atom stereocenters. The van der Waals surface area contributed by atoms with Gasteiger partial charge in [0, 0.05) is 11.6 Å². The van der Waals surface area contributed by atoms with E-state index in [1.807, 2.05) is 0 Å². The highest BCUT2D eigenvalue weighted by Crippen LogP contribution is 2.27. The van der Waals surface area contributed by atoms with Gasteiger partial charge in [-0.1, -0.05) is 50.8 Å². The molecule has 1 fully saturated rings. The first-order valence-corrected chi connectivity index (χ1v) is 8.76. The highest BCUT2D eigenvalue weighted by Gasteiger charge is 2.16. The minimum atomic E-state index is 0.366. The fourth-order valence-corrected chi connectivity index (χ4v) is 3.14. The van der Waals surface area contributed by atoms with Gasteiger partial charge in [0.25, 0.3) is 0 Å². The van der Waals surface area contributed by atoms with Gasteiger partial charge in [-0.15, -0.1) is 0 Å². The Balaban J connectivity index is 1.86. The molecule has 0 amide bonds. The molecule has 21 heavy (non-hydrogen) atoms. The van der Waals surface area contributed by atoms with Crippen LogP contribution < -0.4 is 10.1 Å². The Kier molecular flexibility index (Phi) is 7.08. The van der Waals surface area contributed by atoms with Crippen LogP contribution in [-0.4, -0.2) is 13.2 Å². The standard InChI is InChI=1S/C19H31NO/c1-3-4-14-21-19-13-9-8-12-18(19)16(2)20-15-17-10-6-5-7-11-17/h8-9,12-13,16-17,20H,3-7,10-11,14-15H2,1-2H3. The van der Waals surface area contributed by atoms with E-state index < -0.39 is 0 Å². The van der Waals surface area contributed by atoms with E-state index in [4.69, 9.17) is 4.74 Å². The van der Waals surface area contributed by atoms with Crippen molar-refractivity contribution >= 4 is 0 Å². The van der Waals surface area contributed by atoms with Gasteiger partial charge in [0.2, 0.25) is 0 Å². The van der Waals surface area contributed by atoms with Crippen molar-refractivity contribution in [1.29, 1.82) is 0 Å². The highest BCUT2D eigenvalue weighted by molar-refractivity contribution is 5.35. The summed E-state index contributed by atoms with van der Waals surface area (Å²) in [6.45, 7) is 6.42. The Bertz CT molecular complexity index is 398. The van der Waals surface area contributed by atoms with Crippen molar-refractivity contribution < 1.29 is 4.74 Å². The number of rotatable bonds is 8. The summed E-state index contributed by atoms with van der Waals surface area (Å²) in [5, 5.41) is 3.72. The molecule has 1 aromatic rings. The lowest BCUT2D eigenvalue weighted by molar-refractivity contribution is 0.299. The molecule has 2 heteroatoms. The normalized spacial score (nSPS) is 17.6. The molecule has 0 heterocycles. The molecule has 1 aliphatic carbocycles. The second-order valence-electron chi connectivity index (χ2n) is 6.37. The zero-order chi connectivity index (χ0) is 14.9. The number of hydrogen-bond donors (Lipinski definition) is 1. The molecule has 2 rings (SSSR count). The van der Waals surface area contributed by atoms with Gasteiger partial charge in [-0.3, -0.25) is 0 Å². The van der Waals surface area contributed by atoms with Gasteiger partial charge in [-0.25, -0.2) is 0 Å². The van der Waals surface area contributed by atoms with Crippen LogP contribution in [0.25, 0.3) is 0 Å². The summed E-state index contributed by atoms with van der Waals surface area (Å²) in [5.41, 5.74) is 1.30. The third-order valence-corrected chi connectivity index (χ3v) is 4.58. The van der Waals surface area contributed by atoms with Crippen LogP contribution in [0, 0.1) is 5.92 Å². The number of unbranched alkanes of at least 4 members (excludes halogenated alkanes) is 1. The smallest absolute Gasteiger partial charge is 0.124 e. The Morgan fingerprint density at radius 2 is 1.95 bits per heavy atom. The van der Waals surface area contributed by atoms with Crippen molar-refractivity contribution in [3.05, 3.63) is 29.8 Å². The van der Waals surface area contributed by atoms with Crippen LogP contribution in [0.5, 0.6) is 5.75 Å². The van der Waals surface area contributed by atoms with E-state index in [2.05, 4.69) is 43.4 Å². The number of nitrogens with one attached hydrogen (secondary N) is 1. The molecule has 0 aliphatic heterocycles. The lowest BCUT2D eigenvalue weighted by Gasteiger charge is -2.25. The average molecular weight is 289 g/mol. The van der Waals surface area contributed by atoms with Gasteiger partial charge >= 0.3 is 0 Å². The number of benzene rings is 1. The second-order valence-corrected chi connectivity index (χ2v) is 6.37. The monoisotopic (exact) mass is 289 g/mol. The summed E-state index contributed by atoms with van der Waals surface area (Å²) >= 11 is 0. The van der Waals surface area contributed by atoms with Crippen molar-refractivity contribution in [2.45, 2.75) is 64.8 Å². The first kappa shape index (κ1) is 16.4. The lowest BCUT2D eigenvalue weighted by atomic mass is 9.89. The molecule has 0 bridgehead atoms. The maximum atomic E-state index is 5.95. The Morgan fingerprint density at radius 3 is 2.71 bits per heavy atom. The second kappa shape index (κ2) is 9.09. The van der Waals surface area contributed by atoms with E-state index in [0.29, 0.717) is 6.04 Å². The van der Waals surface area contributed by atoms with Crippen molar-refractivity contribution in [3.8, 4) is 5.75 Å². The van der Waals surface area contributed by atoms with Crippen LogP contribution in [0.3, 0.4) is 0 Å². The molecule has 0 radical (unpaired) electrons. The van der Waals surface area contributed by atoms with Crippen LogP contribution >= 0.6 is 0 Å². The summed E-state index contributed by atoms with van der Waals surface area (Å²) in [6, 6.07) is 8.84. The molecule has 1 aromatic carbocycles. The number of para-hydroxylation sites is 1. The predicted molar refractivity (Wildman–Crippen MR) is 89.8 cm³/mol. The molecule has 118 valence electrons. The molecule has 1 aliphatic rings. The third-order valence-electron chi connectivity index (χ3n) is 4.58. The van der Waals surface area contributed by atoms with Crippen LogP contribution in [0.15, 0.2) is 24.3 Å². The van der Waals surface area contributed by atoms with E-state index >= 15 is 0 Å². The average Bonchev–Trinajstić information content (AvgIpc) is 2.54. The van der Waals surface area contributed by atoms with Gasteiger partial charge in [0.05, 0.1) is 6.61 Å². The van der Waals surface area contributed by atoms with Crippen LogP contribution in [-0.2, 0) is 0 Å². The van der Waals surface area contributed by atoms with E-state index in [1.165, 1.54) is 44.1 Å².